The summed E-state index contributed by atoms with van der Waals surface area (Å²) >= 11 is 0. The van der Waals surface area contributed by atoms with Gasteiger partial charge in [-0.25, -0.2) is 4.98 Å². The number of fused-ring (bicyclic) bond motifs is 8. The van der Waals surface area contributed by atoms with Gasteiger partial charge in [0.25, 0.3) is 11.8 Å². The number of nitrogen functional groups attached to an aromatic ring is 1. The number of benzene rings is 3. The zero-order chi connectivity index (χ0) is 27.3. The van der Waals surface area contributed by atoms with Crippen molar-refractivity contribution in [3.05, 3.63) is 123 Å². The number of carbonyl (C=O) groups is 2. The van der Waals surface area contributed by atoms with Crippen LogP contribution in [0.25, 0.3) is 0 Å². The molecule has 1 aromatic heterocycles. The number of nitrogens with zero attached hydrogens (tertiary/aromatic N) is 2. The lowest BCUT2D eigenvalue weighted by molar-refractivity contribution is 0.0857. The molecule has 2 aliphatic rings. The van der Waals surface area contributed by atoms with Crippen molar-refractivity contribution in [3.8, 4) is 0 Å². The molecule has 0 saturated carbocycles. The number of carbonyl (C=O) groups excluding carboxylic acids is 2. The van der Waals surface area contributed by atoms with Gasteiger partial charge < -0.3 is 20.7 Å². The van der Waals surface area contributed by atoms with Crippen molar-refractivity contribution in [3.63, 3.8) is 0 Å². The predicted octanol–water partition coefficient (Wildman–Crippen LogP) is 5.40. The average molecular weight is 519 g/mol. The number of amides is 2. The first kappa shape index (κ1) is 24.8. The Kier molecular flexibility index (Phi) is 6.16. The average Bonchev–Trinajstić information content (AvgIpc) is 3.50. The maximum atomic E-state index is 13.2. The molecule has 2 amide bonds. The summed E-state index contributed by atoms with van der Waals surface area (Å²) in [7, 11) is 0. The summed E-state index contributed by atoms with van der Waals surface area (Å²) < 4.78 is 6.38. The van der Waals surface area contributed by atoms with Crippen LogP contribution in [0.2, 0.25) is 0 Å². The van der Waals surface area contributed by atoms with Crippen LogP contribution in [0.5, 0.6) is 0 Å². The van der Waals surface area contributed by atoms with E-state index in [1.807, 2.05) is 81.4 Å². The van der Waals surface area contributed by atoms with Crippen LogP contribution in [0.3, 0.4) is 0 Å². The summed E-state index contributed by atoms with van der Waals surface area (Å²) in [5.74, 6) is 0.280. The Bertz CT molecular complexity index is 1590. The zero-order valence-corrected chi connectivity index (χ0v) is 22.2. The molecule has 4 aromatic rings. The Balaban J connectivity index is 1.24. The zero-order valence-electron chi connectivity index (χ0n) is 22.2. The van der Waals surface area contributed by atoms with Gasteiger partial charge in [-0.2, -0.15) is 0 Å². The van der Waals surface area contributed by atoms with E-state index in [1.165, 1.54) is 0 Å². The fourth-order valence-corrected chi connectivity index (χ4v) is 5.75. The minimum atomic E-state index is -0.274. The van der Waals surface area contributed by atoms with E-state index in [9.17, 15) is 9.59 Å². The molecule has 0 radical (unpaired) electrons. The third-order valence-electron chi connectivity index (χ3n) is 7.71. The maximum Gasteiger partial charge on any atom is 0.258 e. The molecule has 0 saturated heterocycles. The molecule has 6 rings (SSSR count). The first-order valence-corrected chi connectivity index (χ1v) is 13.2. The third kappa shape index (κ3) is 4.25. The molecule has 39 heavy (non-hydrogen) atoms. The monoisotopic (exact) mass is 518 g/mol. The van der Waals surface area contributed by atoms with Gasteiger partial charge in [-0.05, 0) is 96.6 Å². The van der Waals surface area contributed by atoms with Crippen molar-refractivity contribution in [1.29, 1.82) is 0 Å². The first-order valence-electron chi connectivity index (χ1n) is 13.2. The highest BCUT2D eigenvalue weighted by atomic mass is 16.5. The minimum absolute atomic E-state index is 0.0386. The smallest absolute Gasteiger partial charge is 0.258 e. The molecular formula is C32H30N4O3. The summed E-state index contributed by atoms with van der Waals surface area (Å²) in [4.78, 5) is 32.4. The molecule has 2 bridgehead atoms. The summed E-state index contributed by atoms with van der Waals surface area (Å²) in [5, 5.41) is 3.03. The second-order valence-corrected chi connectivity index (χ2v) is 10.1. The van der Waals surface area contributed by atoms with Crippen LogP contribution in [0.1, 0.15) is 78.9 Å². The minimum Gasteiger partial charge on any atom is -0.384 e. The molecule has 3 aromatic carbocycles. The Labute approximate surface area is 227 Å². The Morgan fingerprint density at radius 3 is 2.31 bits per heavy atom. The van der Waals surface area contributed by atoms with Crippen molar-refractivity contribution in [2.24, 2.45) is 0 Å². The molecule has 0 fully saturated rings. The number of aromatic nitrogens is 1. The second kappa shape index (κ2) is 9.67. The van der Waals surface area contributed by atoms with Crippen molar-refractivity contribution in [1.82, 2.24) is 10.3 Å². The van der Waals surface area contributed by atoms with Crippen molar-refractivity contribution >= 4 is 23.3 Å². The van der Waals surface area contributed by atoms with E-state index in [2.05, 4.69) is 22.4 Å². The molecule has 2 unspecified atom stereocenters. The molecule has 3 heterocycles. The Hall–Kier alpha value is -4.49. The molecule has 7 heteroatoms. The van der Waals surface area contributed by atoms with E-state index in [0.717, 1.165) is 44.8 Å². The lowest BCUT2D eigenvalue weighted by Gasteiger charge is -2.24. The molecule has 7 nitrogen and oxygen atoms in total. The maximum absolute atomic E-state index is 13.2. The van der Waals surface area contributed by atoms with E-state index >= 15 is 0 Å². The highest BCUT2D eigenvalue weighted by Crippen LogP contribution is 2.54. The summed E-state index contributed by atoms with van der Waals surface area (Å²) in [6.07, 6.45) is -0.443. The van der Waals surface area contributed by atoms with E-state index < -0.39 is 0 Å². The van der Waals surface area contributed by atoms with Crippen LogP contribution in [0.4, 0.5) is 11.5 Å². The Morgan fingerprint density at radius 1 is 0.897 bits per heavy atom. The second-order valence-electron chi connectivity index (χ2n) is 10.1. The number of ether oxygens (including phenoxy) is 1. The van der Waals surface area contributed by atoms with E-state index in [0.29, 0.717) is 30.0 Å². The number of nitrogens with two attached hydrogens (primary N) is 1. The van der Waals surface area contributed by atoms with Gasteiger partial charge in [-0.15, -0.1) is 0 Å². The number of aryl methyl sites for hydroxylation is 2. The van der Waals surface area contributed by atoms with Gasteiger partial charge in [-0.3, -0.25) is 9.59 Å². The van der Waals surface area contributed by atoms with Crippen LogP contribution in [-0.4, -0.2) is 23.3 Å². The predicted molar refractivity (Wildman–Crippen MR) is 151 cm³/mol. The molecule has 2 aliphatic heterocycles. The Morgan fingerprint density at radius 2 is 1.59 bits per heavy atom. The number of hydrogen-bond acceptors (Lipinski definition) is 5. The van der Waals surface area contributed by atoms with Gasteiger partial charge in [-0.1, -0.05) is 30.3 Å². The highest BCUT2D eigenvalue weighted by molar-refractivity contribution is 6.06. The van der Waals surface area contributed by atoms with Crippen LogP contribution in [0.15, 0.2) is 72.8 Å². The fraction of sp³-hybridized carbons (Fsp3) is 0.219. The van der Waals surface area contributed by atoms with Crippen LogP contribution in [0, 0.1) is 13.8 Å². The van der Waals surface area contributed by atoms with Crippen molar-refractivity contribution in [2.45, 2.75) is 39.5 Å². The topological polar surface area (TPSA) is 97.5 Å². The standard InChI is InChI=1S/C32H30N4O3/c1-4-36(32(38)20-8-6-5-7-9-20)22-11-13-24-26(16-22)30-25-15-21(10-12-23(25)29(24)39-30)31(37)34-17-27-18(2)14-28(33)35-19(27)3/h5-16,29-30H,4,17H2,1-3H3,(H2,33,35)(H,34,37). The highest BCUT2D eigenvalue weighted by Gasteiger charge is 2.43. The number of nitrogens with one attached hydrogen (secondary N) is 1. The molecule has 2 atom stereocenters. The van der Waals surface area contributed by atoms with Gasteiger partial charge >= 0.3 is 0 Å². The molecule has 0 spiro atoms. The number of hydrogen-bond donors (Lipinski definition) is 2. The van der Waals surface area contributed by atoms with E-state index in [4.69, 9.17) is 10.5 Å². The van der Waals surface area contributed by atoms with Gasteiger partial charge in [0.1, 0.15) is 18.0 Å². The lowest BCUT2D eigenvalue weighted by atomic mass is 9.85. The van der Waals surface area contributed by atoms with Crippen molar-refractivity contribution < 1.29 is 14.3 Å². The van der Waals surface area contributed by atoms with Crippen molar-refractivity contribution in [2.75, 3.05) is 17.2 Å². The largest absolute Gasteiger partial charge is 0.384 e. The fourth-order valence-electron chi connectivity index (χ4n) is 5.75. The van der Waals surface area contributed by atoms with Gasteiger partial charge in [0.05, 0.1) is 0 Å². The number of anilines is 2. The van der Waals surface area contributed by atoms with Crippen LogP contribution in [-0.2, 0) is 11.3 Å². The lowest BCUT2D eigenvalue weighted by Crippen LogP contribution is -2.30. The summed E-state index contributed by atoms with van der Waals surface area (Å²) in [6, 6.07) is 23.0. The van der Waals surface area contributed by atoms with Crippen LogP contribution < -0.4 is 16.0 Å². The molecule has 196 valence electrons. The molecular weight excluding hydrogens is 488 g/mol. The quantitative estimate of drug-likeness (QED) is 0.356. The summed E-state index contributed by atoms with van der Waals surface area (Å²) in [5.41, 5.74) is 14.9. The normalized spacial score (nSPS) is 16.5. The third-order valence-corrected chi connectivity index (χ3v) is 7.71. The molecule has 3 N–H and O–H groups in total. The molecule has 0 aliphatic carbocycles. The number of rotatable bonds is 6. The van der Waals surface area contributed by atoms with Gasteiger partial charge in [0.15, 0.2) is 0 Å². The SMILES string of the molecule is CCN(C(=O)c1ccccc1)c1ccc2c(c1)C1OC2c2ccc(C(=O)NCc3c(C)cc(N)nc3C)cc21. The summed E-state index contributed by atoms with van der Waals surface area (Å²) in [6.45, 7) is 6.75. The van der Waals surface area contributed by atoms with Gasteiger partial charge in [0.2, 0.25) is 0 Å². The van der Waals surface area contributed by atoms with E-state index in [-0.39, 0.29) is 24.0 Å². The van der Waals surface area contributed by atoms with Crippen LogP contribution >= 0.6 is 0 Å². The van der Waals surface area contributed by atoms with Gasteiger partial charge in [0, 0.05) is 35.6 Å². The van der Waals surface area contributed by atoms with E-state index in [1.54, 1.807) is 4.90 Å². The number of pyridine rings is 1. The first-order chi connectivity index (χ1) is 18.9.